The van der Waals surface area contributed by atoms with Crippen LogP contribution in [-0.4, -0.2) is 37.3 Å². The zero-order chi connectivity index (χ0) is 19.1. The van der Waals surface area contributed by atoms with E-state index < -0.39 is 0 Å². The molecule has 28 heavy (non-hydrogen) atoms. The van der Waals surface area contributed by atoms with E-state index in [4.69, 9.17) is 0 Å². The van der Waals surface area contributed by atoms with Crippen molar-refractivity contribution in [2.24, 2.45) is 17.8 Å². The number of hydrogen-bond acceptors (Lipinski definition) is 6. The number of rotatable bonds is 5. The van der Waals surface area contributed by atoms with Gasteiger partial charge in [-0.3, -0.25) is 9.89 Å². The average Bonchev–Trinajstić information content (AvgIpc) is 3.41. The third kappa shape index (κ3) is 3.27. The summed E-state index contributed by atoms with van der Waals surface area (Å²) in [6, 6.07) is 7.91. The molecule has 2 saturated carbocycles. The predicted molar refractivity (Wildman–Crippen MR) is 107 cm³/mol. The molecule has 3 aromatic rings. The normalized spacial score (nSPS) is 26.0. The van der Waals surface area contributed by atoms with Crippen molar-refractivity contribution >= 4 is 34.4 Å². The van der Waals surface area contributed by atoms with Crippen LogP contribution in [0.4, 0.5) is 5.69 Å². The monoisotopic (exact) mass is 395 g/mol. The molecule has 1 aromatic carbocycles. The number of nitrogens with zero attached hydrogens (tertiary/aromatic N) is 3. The van der Waals surface area contributed by atoms with Crippen LogP contribution in [0.15, 0.2) is 41.8 Å². The summed E-state index contributed by atoms with van der Waals surface area (Å²) in [6.07, 6.45) is 5.69. The van der Waals surface area contributed by atoms with Crippen LogP contribution in [0.25, 0.3) is 11.0 Å². The van der Waals surface area contributed by atoms with Gasteiger partial charge in [-0.15, -0.1) is 11.8 Å². The Hall–Kier alpha value is -2.45. The molecule has 2 fully saturated rings. The third-order valence-electron chi connectivity index (χ3n) is 5.90. The molecule has 0 spiro atoms. The van der Waals surface area contributed by atoms with E-state index in [1.54, 1.807) is 18.0 Å². The number of thioether (sulfide) groups is 1. The number of anilines is 1. The van der Waals surface area contributed by atoms with E-state index in [2.05, 4.69) is 25.5 Å². The fourth-order valence-electron chi connectivity index (χ4n) is 4.60. The predicted octanol–water partition coefficient (Wildman–Crippen LogP) is 2.99. The molecule has 2 bridgehead atoms. The number of hydrogen-bond donors (Lipinski definition) is 3. The number of fused-ring (bicyclic) bond motifs is 3. The Labute approximate surface area is 166 Å². The van der Waals surface area contributed by atoms with Crippen molar-refractivity contribution in [3.05, 3.63) is 42.4 Å². The zero-order valence-corrected chi connectivity index (χ0v) is 16.0. The van der Waals surface area contributed by atoms with E-state index in [0.29, 0.717) is 5.92 Å². The highest BCUT2D eigenvalue weighted by atomic mass is 32.2. The zero-order valence-electron chi connectivity index (χ0n) is 15.2. The third-order valence-corrected chi connectivity index (χ3v) is 6.97. The lowest BCUT2D eigenvalue weighted by molar-refractivity contribution is -0.122. The molecule has 5 rings (SSSR count). The van der Waals surface area contributed by atoms with Gasteiger partial charge in [-0.2, -0.15) is 5.10 Å². The van der Waals surface area contributed by atoms with Gasteiger partial charge in [0.1, 0.15) is 11.4 Å². The smallest absolute Gasteiger partial charge is 0.227 e. The molecule has 2 aliphatic rings. The Morgan fingerprint density at radius 3 is 3.07 bits per heavy atom. The minimum absolute atomic E-state index is 0.0342. The Morgan fingerprint density at radius 1 is 1.29 bits per heavy atom. The standard InChI is InChI=1S/C20H21N5O2S/c26-17-7-12-5-14(17)15(6-12)19(27)24-13-3-1-2-11(4-13)9-28-20-16-8-23-25-18(16)21-10-22-20/h1-4,8,10,12,14-15,17,26H,5-7,9H2,(H,24,27)(H,21,22,23,25). The molecule has 0 saturated heterocycles. The molecule has 1 amide bonds. The van der Waals surface area contributed by atoms with Gasteiger partial charge in [-0.05, 0) is 48.8 Å². The second-order valence-electron chi connectivity index (χ2n) is 7.70. The van der Waals surface area contributed by atoms with Crippen LogP contribution in [0, 0.1) is 17.8 Å². The van der Waals surface area contributed by atoms with Gasteiger partial charge in [0.15, 0.2) is 5.65 Å². The highest BCUT2D eigenvalue weighted by molar-refractivity contribution is 7.98. The van der Waals surface area contributed by atoms with Gasteiger partial charge in [0.05, 0.1) is 17.7 Å². The van der Waals surface area contributed by atoms with E-state index in [9.17, 15) is 9.90 Å². The van der Waals surface area contributed by atoms with Gasteiger partial charge < -0.3 is 10.4 Å². The minimum Gasteiger partial charge on any atom is -0.393 e. The van der Waals surface area contributed by atoms with Gasteiger partial charge in [0, 0.05) is 17.4 Å². The fourth-order valence-corrected chi connectivity index (χ4v) is 5.51. The second kappa shape index (κ2) is 7.18. The molecular formula is C20H21N5O2S. The van der Waals surface area contributed by atoms with E-state index in [0.717, 1.165) is 52.3 Å². The number of aliphatic hydroxyl groups excluding tert-OH is 1. The summed E-state index contributed by atoms with van der Waals surface area (Å²) in [5.74, 6) is 1.33. The first-order chi connectivity index (χ1) is 13.7. The molecule has 2 heterocycles. The Morgan fingerprint density at radius 2 is 2.21 bits per heavy atom. The highest BCUT2D eigenvalue weighted by Gasteiger charge is 2.48. The number of nitrogens with one attached hydrogen (secondary N) is 2. The van der Waals surface area contributed by atoms with Crippen molar-refractivity contribution in [1.29, 1.82) is 0 Å². The molecule has 0 radical (unpaired) electrons. The molecule has 4 unspecified atom stereocenters. The van der Waals surface area contributed by atoms with Gasteiger partial charge in [-0.1, -0.05) is 12.1 Å². The van der Waals surface area contributed by atoms with Crippen molar-refractivity contribution in [2.45, 2.75) is 36.1 Å². The molecular weight excluding hydrogens is 374 g/mol. The average molecular weight is 395 g/mol. The van der Waals surface area contributed by atoms with Gasteiger partial charge in [0.25, 0.3) is 0 Å². The molecule has 0 aliphatic heterocycles. The van der Waals surface area contributed by atoms with Gasteiger partial charge >= 0.3 is 0 Å². The summed E-state index contributed by atoms with van der Waals surface area (Å²) in [7, 11) is 0. The first-order valence-electron chi connectivity index (χ1n) is 9.52. The molecule has 8 heteroatoms. The summed E-state index contributed by atoms with van der Waals surface area (Å²) in [6.45, 7) is 0. The number of aromatic amines is 1. The van der Waals surface area contributed by atoms with Crippen LogP contribution < -0.4 is 5.32 Å². The SMILES string of the molecule is O=C(Nc1cccc(CSc2ncnc3[nH]ncc23)c1)C1CC2CC(O)C1C2. The lowest BCUT2D eigenvalue weighted by Gasteiger charge is -2.25. The van der Waals surface area contributed by atoms with Crippen LogP contribution in [0.5, 0.6) is 0 Å². The maximum absolute atomic E-state index is 12.7. The summed E-state index contributed by atoms with van der Waals surface area (Å²) < 4.78 is 0. The van der Waals surface area contributed by atoms with Crippen molar-refractivity contribution in [3.63, 3.8) is 0 Å². The Balaban J connectivity index is 1.25. The van der Waals surface area contributed by atoms with Crippen molar-refractivity contribution < 1.29 is 9.90 Å². The Kier molecular flexibility index (Phi) is 4.52. The number of benzene rings is 1. The maximum Gasteiger partial charge on any atom is 0.227 e. The molecule has 4 atom stereocenters. The van der Waals surface area contributed by atoms with Crippen LogP contribution in [0.1, 0.15) is 24.8 Å². The van der Waals surface area contributed by atoms with Crippen molar-refractivity contribution in [1.82, 2.24) is 20.2 Å². The van der Waals surface area contributed by atoms with E-state index in [-0.39, 0.29) is 23.8 Å². The number of aliphatic hydroxyl groups is 1. The topological polar surface area (TPSA) is 104 Å². The fraction of sp³-hybridized carbons (Fsp3) is 0.400. The molecule has 2 aliphatic carbocycles. The van der Waals surface area contributed by atoms with Crippen molar-refractivity contribution in [2.75, 3.05) is 5.32 Å². The van der Waals surface area contributed by atoms with Crippen LogP contribution >= 0.6 is 11.8 Å². The quantitative estimate of drug-likeness (QED) is 0.453. The lowest BCUT2D eigenvalue weighted by Crippen LogP contribution is -2.33. The molecule has 2 aromatic heterocycles. The van der Waals surface area contributed by atoms with Crippen LogP contribution in [0.2, 0.25) is 0 Å². The number of amides is 1. The summed E-state index contributed by atoms with van der Waals surface area (Å²) in [5, 5.41) is 21.8. The number of carbonyl (C=O) groups is 1. The van der Waals surface area contributed by atoms with E-state index in [1.807, 2.05) is 24.3 Å². The molecule has 3 N–H and O–H groups in total. The van der Waals surface area contributed by atoms with Gasteiger partial charge in [0.2, 0.25) is 5.91 Å². The van der Waals surface area contributed by atoms with E-state index >= 15 is 0 Å². The summed E-state index contributed by atoms with van der Waals surface area (Å²) in [5.41, 5.74) is 2.63. The van der Waals surface area contributed by atoms with Crippen LogP contribution in [-0.2, 0) is 10.5 Å². The summed E-state index contributed by atoms with van der Waals surface area (Å²) >= 11 is 1.61. The minimum atomic E-state index is -0.315. The van der Waals surface area contributed by atoms with Crippen molar-refractivity contribution in [3.8, 4) is 0 Å². The first kappa shape index (κ1) is 17.6. The molecule has 144 valence electrons. The molecule has 7 nitrogen and oxygen atoms in total. The van der Waals surface area contributed by atoms with E-state index in [1.165, 1.54) is 6.33 Å². The number of aromatic nitrogens is 4. The number of H-pyrrole nitrogens is 1. The van der Waals surface area contributed by atoms with Gasteiger partial charge in [-0.25, -0.2) is 9.97 Å². The lowest BCUT2D eigenvalue weighted by atomic mass is 9.86. The summed E-state index contributed by atoms with van der Waals surface area (Å²) in [4.78, 5) is 21.2. The second-order valence-corrected chi connectivity index (χ2v) is 8.66. The Bertz CT molecular complexity index is 1020. The first-order valence-corrected chi connectivity index (χ1v) is 10.5. The highest BCUT2D eigenvalue weighted by Crippen LogP contribution is 2.48. The largest absolute Gasteiger partial charge is 0.393 e. The maximum atomic E-state index is 12.7. The van der Waals surface area contributed by atoms with Crippen LogP contribution in [0.3, 0.4) is 0 Å². The number of carbonyl (C=O) groups excluding carboxylic acids is 1.